The minimum absolute atomic E-state index is 0.0422. The van der Waals surface area contributed by atoms with Gasteiger partial charge in [-0.25, -0.2) is 9.59 Å². The minimum atomic E-state index is -0.992. The summed E-state index contributed by atoms with van der Waals surface area (Å²) in [4.78, 5) is 52.2. The Morgan fingerprint density at radius 3 is 0.967 bits per heavy atom. The van der Waals surface area contributed by atoms with Gasteiger partial charge in [0, 0.05) is 36.3 Å². The summed E-state index contributed by atoms with van der Waals surface area (Å²) in [5, 5.41) is 0. The summed E-state index contributed by atoms with van der Waals surface area (Å²) in [6, 6.07) is -0.169. The predicted molar refractivity (Wildman–Crippen MR) is 114 cm³/mol. The standard InChI is InChI=1S/C22H38N2O6/c1-13(2)23(14(3)4)21(27)17(9)29-19(25)11-12-20(26)30-18(10)22(28)24(15(5)6)16(7)8/h11-18H,1-10H3/b12-11+/t17-,18-/m0/s1. The fourth-order valence-electron chi connectivity index (χ4n) is 3.29. The first-order chi connectivity index (χ1) is 13.7. The van der Waals surface area contributed by atoms with Crippen molar-refractivity contribution in [1.29, 1.82) is 0 Å². The first-order valence-corrected chi connectivity index (χ1v) is 10.4. The van der Waals surface area contributed by atoms with Crippen LogP contribution in [0.4, 0.5) is 0 Å². The fourth-order valence-corrected chi connectivity index (χ4v) is 3.29. The van der Waals surface area contributed by atoms with Crippen LogP contribution in [0.1, 0.15) is 69.2 Å². The molecule has 0 radical (unpaired) electrons. The zero-order valence-electron chi connectivity index (χ0n) is 20.0. The monoisotopic (exact) mass is 426 g/mol. The van der Waals surface area contributed by atoms with Gasteiger partial charge in [0.2, 0.25) is 0 Å². The molecule has 0 saturated carbocycles. The van der Waals surface area contributed by atoms with Crippen LogP contribution in [-0.2, 0) is 28.7 Å². The number of carbonyl (C=O) groups is 4. The van der Waals surface area contributed by atoms with E-state index in [1.165, 1.54) is 13.8 Å². The maximum Gasteiger partial charge on any atom is 0.331 e. The average Bonchev–Trinajstić information content (AvgIpc) is 2.58. The molecular formula is C22H38N2O6. The van der Waals surface area contributed by atoms with Crippen LogP contribution in [0.25, 0.3) is 0 Å². The van der Waals surface area contributed by atoms with Crippen molar-refractivity contribution in [3.63, 3.8) is 0 Å². The van der Waals surface area contributed by atoms with Crippen molar-refractivity contribution in [2.75, 3.05) is 0 Å². The van der Waals surface area contributed by atoms with Crippen LogP contribution in [0.5, 0.6) is 0 Å². The molecule has 0 aromatic rings. The Bertz CT molecular complexity index is 570. The van der Waals surface area contributed by atoms with Crippen LogP contribution in [0, 0.1) is 0 Å². The largest absolute Gasteiger partial charge is 0.449 e. The molecule has 2 atom stereocenters. The fraction of sp³-hybridized carbons (Fsp3) is 0.727. The van der Waals surface area contributed by atoms with E-state index < -0.39 is 24.1 Å². The Kier molecular flexibility index (Phi) is 11.4. The van der Waals surface area contributed by atoms with Crippen molar-refractivity contribution >= 4 is 23.8 Å². The van der Waals surface area contributed by atoms with Crippen LogP contribution >= 0.6 is 0 Å². The third-order valence-electron chi connectivity index (χ3n) is 4.37. The van der Waals surface area contributed by atoms with E-state index in [0.717, 1.165) is 12.2 Å². The molecule has 30 heavy (non-hydrogen) atoms. The number of carbonyl (C=O) groups excluding carboxylic acids is 4. The number of hydrogen-bond donors (Lipinski definition) is 0. The second-order valence-corrected chi connectivity index (χ2v) is 8.36. The summed E-state index contributed by atoms with van der Waals surface area (Å²) in [5.41, 5.74) is 0. The number of rotatable bonds is 10. The molecule has 0 aliphatic carbocycles. The van der Waals surface area contributed by atoms with Crippen molar-refractivity contribution < 1.29 is 28.7 Å². The molecule has 0 aliphatic heterocycles. The predicted octanol–water partition coefficient (Wildman–Crippen LogP) is 2.70. The van der Waals surface area contributed by atoms with E-state index in [9.17, 15) is 19.2 Å². The molecule has 0 aromatic carbocycles. The third-order valence-corrected chi connectivity index (χ3v) is 4.37. The smallest absolute Gasteiger partial charge is 0.331 e. The number of amides is 2. The van der Waals surface area contributed by atoms with Crippen LogP contribution in [0.2, 0.25) is 0 Å². The quantitative estimate of drug-likeness (QED) is 0.394. The van der Waals surface area contributed by atoms with Gasteiger partial charge < -0.3 is 19.3 Å². The van der Waals surface area contributed by atoms with Gasteiger partial charge in [0.05, 0.1) is 0 Å². The van der Waals surface area contributed by atoms with Gasteiger partial charge in [-0.3, -0.25) is 9.59 Å². The van der Waals surface area contributed by atoms with E-state index in [2.05, 4.69) is 0 Å². The van der Waals surface area contributed by atoms with Crippen molar-refractivity contribution in [3.05, 3.63) is 12.2 Å². The Morgan fingerprint density at radius 1 is 0.533 bits per heavy atom. The summed E-state index contributed by atoms with van der Waals surface area (Å²) in [7, 11) is 0. The van der Waals surface area contributed by atoms with Gasteiger partial charge in [-0.2, -0.15) is 0 Å². The molecule has 0 heterocycles. The highest BCUT2D eigenvalue weighted by atomic mass is 16.6. The topological polar surface area (TPSA) is 93.2 Å². The number of ether oxygens (including phenoxy) is 2. The molecule has 2 amide bonds. The zero-order chi connectivity index (χ0) is 23.8. The van der Waals surface area contributed by atoms with E-state index in [-0.39, 0.29) is 36.0 Å². The van der Waals surface area contributed by atoms with E-state index in [1.807, 2.05) is 55.4 Å². The molecule has 0 aromatic heterocycles. The lowest BCUT2D eigenvalue weighted by Gasteiger charge is -2.32. The van der Waals surface area contributed by atoms with E-state index in [1.54, 1.807) is 9.80 Å². The van der Waals surface area contributed by atoms with Crippen molar-refractivity contribution in [3.8, 4) is 0 Å². The molecule has 0 aliphatic rings. The molecule has 0 rings (SSSR count). The number of esters is 2. The summed E-state index contributed by atoms with van der Waals surface area (Å²) in [6.07, 6.45) is -0.203. The van der Waals surface area contributed by atoms with Crippen molar-refractivity contribution in [2.45, 2.75) is 106 Å². The SMILES string of the molecule is CC(C)N(C(=O)[C@H](C)OC(=O)/C=C/C(=O)O[C@@H](C)C(=O)N(C(C)C)C(C)C)C(C)C. The second kappa shape index (κ2) is 12.3. The minimum Gasteiger partial charge on any atom is -0.449 e. The molecule has 0 bridgehead atoms. The van der Waals surface area contributed by atoms with Crippen LogP contribution in [0.15, 0.2) is 12.2 Å². The van der Waals surface area contributed by atoms with Gasteiger partial charge >= 0.3 is 11.9 Å². The van der Waals surface area contributed by atoms with E-state index in [0.29, 0.717) is 0 Å². The Labute approximate surface area is 180 Å². The molecule has 0 fully saturated rings. The van der Waals surface area contributed by atoms with Crippen LogP contribution < -0.4 is 0 Å². The van der Waals surface area contributed by atoms with Gasteiger partial charge in [-0.05, 0) is 69.2 Å². The first kappa shape index (κ1) is 27.6. The summed E-state index contributed by atoms with van der Waals surface area (Å²) < 4.78 is 10.2. The summed E-state index contributed by atoms with van der Waals surface area (Å²) >= 11 is 0. The highest BCUT2D eigenvalue weighted by Crippen LogP contribution is 2.11. The molecular weight excluding hydrogens is 388 g/mol. The van der Waals surface area contributed by atoms with Gasteiger partial charge in [0.15, 0.2) is 12.2 Å². The Balaban J connectivity index is 4.86. The van der Waals surface area contributed by atoms with Gasteiger partial charge in [-0.15, -0.1) is 0 Å². The van der Waals surface area contributed by atoms with E-state index in [4.69, 9.17) is 9.47 Å². The van der Waals surface area contributed by atoms with Crippen LogP contribution in [-0.4, -0.2) is 69.9 Å². The lowest BCUT2D eigenvalue weighted by Crippen LogP contribution is -2.47. The molecule has 8 nitrogen and oxygen atoms in total. The second-order valence-electron chi connectivity index (χ2n) is 8.36. The van der Waals surface area contributed by atoms with Crippen molar-refractivity contribution in [1.82, 2.24) is 9.80 Å². The summed E-state index contributed by atoms with van der Waals surface area (Å²) in [6.45, 7) is 18.0. The zero-order valence-corrected chi connectivity index (χ0v) is 20.0. The van der Waals surface area contributed by atoms with Crippen molar-refractivity contribution in [2.24, 2.45) is 0 Å². The van der Waals surface area contributed by atoms with Gasteiger partial charge in [-0.1, -0.05) is 0 Å². The third kappa shape index (κ3) is 8.55. The average molecular weight is 427 g/mol. The first-order valence-electron chi connectivity index (χ1n) is 10.4. The van der Waals surface area contributed by atoms with Crippen LogP contribution in [0.3, 0.4) is 0 Å². The number of nitrogens with zero attached hydrogens (tertiary/aromatic N) is 2. The summed E-state index contributed by atoms with van der Waals surface area (Å²) in [5.74, 6) is -2.31. The van der Waals surface area contributed by atoms with Gasteiger partial charge in [0.1, 0.15) is 0 Å². The Morgan fingerprint density at radius 2 is 0.767 bits per heavy atom. The molecule has 172 valence electrons. The highest BCUT2D eigenvalue weighted by molar-refractivity contribution is 5.94. The lowest BCUT2D eigenvalue weighted by atomic mass is 10.2. The lowest BCUT2D eigenvalue weighted by molar-refractivity contribution is -0.158. The highest BCUT2D eigenvalue weighted by Gasteiger charge is 2.28. The molecule has 0 N–H and O–H groups in total. The molecule has 8 heteroatoms. The van der Waals surface area contributed by atoms with Gasteiger partial charge in [0.25, 0.3) is 11.8 Å². The Hall–Kier alpha value is -2.38. The molecule has 0 saturated heterocycles. The molecule has 0 unspecified atom stereocenters. The molecule has 0 spiro atoms. The maximum absolute atomic E-state index is 12.5. The number of hydrogen-bond acceptors (Lipinski definition) is 6. The normalized spacial score (nSPS) is 13.7. The maximum atomic E-state index is 12.5. The van der Waals surface area contributed by atoms with E-state index >= 15 is 0 Å².